The third kappa shape index (κ3) is 4.87. The van der Waals surface area contributed by atoms with Crippen molar-refractivity contribution in [2.24, 2.45) is 0 Å². The van der Waals surface area contributed by atoms with Crippen molar-refractivity contribution < 1.29 is 17.6 Å². The van der Waals surface area contributed by atoms with Crippen LogP contribution in [-0.2, 0) is 16.6 Å². The van der Waals surface area contributed by atoms with Crippen LogP contribution in [0.1, 0.15) is 29.8 Å². The Morgan fingerprint density at radius 1 is 1.12 bits per heavy atom. The molecule has 1 amide bonds. The Labute approximate surface area is 141 Å². The van der Waals surface area contributed by atoms with Gasteiger partial charge in [-0.3, -0.25) is 4.79 Å². The maximum absolute atomic E-state index is 12.9. The van der Waals surface area contributed by atoms with Gasteiger partial charge in [0, 0.05) is 18.2 Å². The first-order valence-corrected chi connectivity index (χ1v) is 8.91. The number of hydrogen-bond acceptors (Lipinski definition) is 3. The molecule has 5 nitrogen and oxygen atoms in total. The molecule has 128 valence electrons. The molecule has 0 unspecified atom stereocenters. The van der Waals surface area contributed by atoms with Gasteiger partial charge >= 0.3 is 0 Å². The van der Waals surface area contributed by atoms with Crippen LogP contribution in [0.25, 0.3) is 0 Å². The second-order valence-corrected chi connectivity index (χ2v) is 7.33. The van der Waals surface area contributed by atoms with Crippen LogP contribution in [0.3, 0.4) is 0 Å². The van der Waals surface area contributed by atoms with Gasteiger partial charge in [-0.25, -0.2) is 17.5 Å². The summed E-state index contributed by atoms with van der Waals surface area (Å²) in [5.74, 6) is -0.773. The van der Waals surface area contributed by atoms with Crippen LogP contribution in [-0.4, -0.2) is 20.4 Å². The van der Waals surface area contributed by atoms with E-state index in [0.29, 0.717) is 11.1 Å². The third-order valence-electron chi connectivity index (χ3n) is 3.16. The first kappa shape index (κ1) is 18.1. The lowest BCUT2D eigenvalue weighted by molar-refractivity contribution is 0.0951. The Hall–Kier alpha value is -2.25. The molecule has 24 heavy (non-hydrogen) atoms. The zero-order valence-electron chi connectivity index (χ0n) is 13.4. The molecule has 0 saturated carbocycles. The van der Waals surface area contributed by atoms with Gasteiger partial charge < -0.3 is 5.32 Å². The molecule has 0 heterocycles. The minimum Gasteiger partial charge on any atom is -0.348 e. The Bertz CT molecular complexity index is 818. The quantitative estimate of drug-likeness (QED) is 0.840. The molecule has 0 fully saturated rings. The van der Waals surface area contributed by atoms with Gasteiger partial charge in [0.05, 0.1) is 4.90 Å². The van der Waals surface area contributed by atoms with Crippen molar-refractivity contribution in [2.45, 2.75) is 31.3 Å². The predicted octanol–water partition coefficient (Wildman–Crippen LogP) is 2.44. The van der Waals surface area contributed by atoms with Crippen molar-refractivity contribution >= 4 is 15.9 Å². The molecule has 0 aromatic heterocycles. The van der Waals surface area contributed by atoms with E-state index < -0.39 is 15.8 Å². The molecular formula is C17H19FN2O3S. The van der Waals surface area contributed by atoms with Crippen molar-refractivity contribution in [1.82, 2.24) is 10.0 Å². The molecule has 0 atom stereocenters. The van der Waals surface area contributed by atoms with Crippen molar-refractivity contribution in [3.8, 4) is 0 Å². The number of amides is 1. The van der Waals surface area contributed by atoms with Crippen LogP contribution < -0.4 is 10.0 Å². The van der Waals surface area contributed by atoms with Crippen LogP contribution in [0.4, 0.5) is 4.39 Å². The molecule has 2 aromatic rings. The predicted molar refractivity (Wildman–Crippen MR) is 89.5 cm³/mol. The molecule has 0 aliphatic heterocycles. The molecule has 0 spiro atoms. The summed E-state index contributed by atoms with van der Waals surface area (Å²) in [6.07, 6.45) is 0. The Morgan fingerprint density at radius 3 is 2.42 bits per heavy atom. The first-order valence-electron chi connectivity index (χ1n) is 7.43. The van der Waals surface area contributed by atoms with E-state index in [1.165, 1.54) is 36.4 Å². The molecule has 0 radical (unpaired) electrons. The van der Waals surface area contributed by atoms with Gasteiger partial charge in [0.1, 0.15) is 5.82 Å². The molecule has 2 N–H and O–H groups in total. The highest BCUT2D eigenvalue weighted by Crippen LogP contribution is 2.12. The monoisotopic (exact) mass is 350 g/mol. The number of rotatable bonds is 6. The first-order chi connectivity index (χ1) is 11.3. The van der Waals surface area contributed by atoms with Crippen LogP contribution in [0.2, 0.25) is 0 Å². The van der Waals surface area contributed by atoms with E-state index >= 15 is 0 Å². The number of sulfonamides is 1. The van der Waals surface area contributed by atoms with Gasteiger partial charge in [-0.15, -0.1) is 0 Å². The summed E-state index contributed by atoms with van der Waals surface area (Å²) in [5.41, 5.74) is 0.985. The van der Waals surface area contributed by atoms with Crippen LogP contribution in [0.15, 0.2) is 53.4 Å². The second kappa shape index (κ2) is 7.55. The maximum atomic E-state index is 12.9. The number of halogens is 1. The zero-order valence-corrected chi connectivity index (χ0v) is 14.2. The highest BCUT2D eigenvalue weighted by Gasteiger charge is 2.15. The molecule has 0 aliphatic carbocycles. The summed E-state index contributed by atoms with van der Waals surface area (Å²) in [7, 11) is -3.58. The lowest BCUT2D eigenvalue weighted by Gasteiger charge is -2.11. The fourth-order valence-corrected chi connectivity index (χ4v) is 3.41. The van der Waals surface area contributed by atoms with E-state index in [2.05, 4.69) is 10.0 Å². The van der Waals surface area contributed by atoms with E-state index in [4.69, 9.17) is 0 Å². The smallest absolute Gasteiger partial charge is 0.251 e. The summed E-state index contributed by atoms with van der Waals surface area (Å²) in [4.78, 5) is 12.1. The van der Waals surface area contributed by atoms with Gasteiger partial charge in [-0.2, -0.15) is 0 Å². The summed E-state index contributed by atoms with van der Waals surface area (Å²) in [6, 6.07) is 11.3. The van der Waals surface area contributed by atoms with Crippen molar-refractivity contribution in [2.75, 3.05) is 0 Å². The van der Waals surface area contributed by atoms with Crippen LogP contribution >= 0.6 is 0 Å². The van der Waals surface area contributed by atoms with Crippen LogP contribution in [0.5, 0.6) is 0 Å². The minimum atomic E-state index is -3.58. The molecule has 7 heteroatoms. The van der Waals surface area contributed by atoms with Crippen molar-refractivity contribution in [3.63, 3.8) is 0 Å². The number of carbonyl (C=O) groups is 1. The zero-order chi connectivity index (χ0) is 17.7. The van der Waals surface area contributed by atoms with E-state index in [1.807, 2.05) is 0 Å². The molecular weight excluding hydrogens is 331 g/mol. The molecule has 2 rings (SSSR count). The van der Waals surface area contributed by atoms with Crippen molar-refractivity contribution in [3.05, 3.63) is 65.5 Å². The standard InChI is InChI=1S/C17H19FN2O3S/c1-12(2)20-24(22,23)16-5-3-4-13(10-16)11-19-17(21)14-6-8-15(18)9-7-14/h3-10,12,20H,11H2,1-2H3,(H,19,21). The number of benzene rings is 2. The molecule has 0 bridgehead atoms. The summed E-state index contributed by atoms with van der Waals surface area (Å²) in [6.45, 7) is 3.65. The lowest BCUT2D eigenvalue weighted by atomic mass is 10.2. The largest absolute Gasteiger partial charge is 0.348 e. The Kier molecular flexibility index (Phi) is 5.69. The highest BCUT2D eigenvalue weighted by atomic mass is 32.2. The average molecular weight is 350 g/mol. The Balaban J connectivity index is 2.07. The summed E-state index contributed by atoms with van der Waals surface area (Å²) >= 11 is 0. The van der Waals surface area contributed by atoms with Crippen LogP contribution in [0, 0.1) is 5.82 Å². The fourth-order valence-electron chi connectivity index (χ4n) is 2.09. The van der Waals surface area contributed by atoms with E-state index in [-0.39, 0.29) is 23.4 Å². The van der Waals surface area contributed by atoms with E-state index in [0.717, 1.165) is 0 Å². The third-order valence-corrected chi connectivity index (χ3v) is 4.82. The van der Waals surface area contributed by atoms with Gasteiger partial charge in [0.15, 0.2) is 0 Å². The SMILES string of the molecule is CC(C)NS(=O)(=O)c1cccc(CNC(=O)c2ccc(F)cc2)c1. The maximum Gasteiger partial charge on any atom is 0.251 e. The normalized spacial score (nSPS) is 11.5. The summed E-state index contributed by atoms with van der Waals surface area (Å²) in [5, 5.41) is 2.68. The van der Waals surface area contributed by atoms with Crippen molar-refractivity contribution in [1.29, 1.82) is 0 Å². The molecule has 2 aromatic carbocycles. The van der Waals surface area contributed by atoms with Gasteiger partial charge in [0.2, 0.25) is 10.0 Å². The van der Waals surface area contributed by atoms with Gasteiger partial charge in [0.25, 0.3) is 5.91 Å². The fraction of sp³-hybridized carbons (Fsp3) is 0.235. The highest BCUT2D eigenvalue weighted by molar-refractivity contribution is 7.89. The van der Waals surface area contributed by atoms with Gasteiger partial charge in [-0.1, -0.05) is 12.1 Å². The number of nitrogens with one attached hydrogen (secondary N) is 2. The lowest BCUT2D eigenvalue weighted by Crippen LogP contribution is -2.30. The second-order valence-electron chi connectivity index (χ2n) is 5.61. The molecule has 0 saturated heterocycles. The average Bonchev–Trinajstić information content (AvgIpc) is 2.52. The number of carbonyl (C=O) groups excluding carboxylic acids is 1. The molecule has 0 aliphatic rings. The van der Waals surface area contributed by atoms with E-state index in [1.54, 1.807) is 26.0 Å². The Morgan fingerprint density at radius 2 is 1.79 bits per heavy atom. The minimum absolute atomic E-state index is 0.143. The number of hydrogen-bond donors (Lipinski definition) is 2. The van der Waals surface area contributed by atoms with Gasteiger partial charge in [-0.05, 0) is 55.8 Å². The van der Waals surface area contributed by atoms with E-state index in [9.17, 15) is 17.6 Å². The topological polar surface area (TPSA) is 75.3 Å². The summed E-state index contributed by atoms with van der Waals surface area (Å²) < 4.78 is 39.7.